The molecule has 7 nitrogen and oxygen atoms in total. The summed E-state index contributed by atoms with van der Waals surface area (Å²) in [5.74, 6) is -0.513. The van der Waals surface area contributed by atoms with Gasteiger partial charge >= 0.3 is 5.69 Å². The Morgan fingerprint density at radius 1 is 1.22 bits per heavy atom. The first-order valence-corrected chi connectivity index (χ1v) is 9.06. The minimum absolute atomic E-state index is 0.00108. The largest absolute Gasteiger partial charge is 0.489 e. The van der Waals surface area contributed by atoms with Gasteiger partial charge in [0.15, 0.2) is 0 Å². The SMILES string of the molecule is Cn1ncc2c(=O)n(-c3cc(OC4CCCC4)c(Cl)cc3F)c(=O)n(C)c21. The molecule has 0 spiro atoms. The Balaban J connectivity index is 1.93. The van der Waals surface area contributed by atoms with Crippen molar-refractivity contribution in [3.05, 3.63) is 50.0 Å². The summed E-state index contributed by atoms with van der Waals surface area (Å²) >= 11 is 6.13. The molecule has 0 atom stereocenters. The molecule has 2 aromatic heterocycles. The van der Waals surface area contributed by atoms with Crippen molar-refractivity contribution in [2.24, 2.45) is 14.1 Å². The third-order valence-corrected chi connectivity index (χ3v) is 5.27. The molecule has 0 aliphatic heterocycles. The normalized spacial score (nSPS) is 15.0. The van der Waals surface area contributed by atoms with Crippen molar-refractivity contribution in [2.75, 3.05) is 0 Å². The van der Waals surface area contributed by atoms with Crippen LogP contribution < -0.4 is 16.0 Å². The molecule has 1 fully saturated rings. The standard InChI is InChI=1S/C18H18ClFN4O3/c1-22-16-11(9-21-23(16)2)17(25)24(18(22)26)14-8-15(12(19)7-13(14)20)27-10-5-3-4-6-10/h7-10H,3-6H2,1-2H3. The highest BCUT2D eigenvalue weighted by atomic mass is 35.5. The number of aryl methyl sites for hydroxylation is 2. The van der Waals surface area contributed by atoms with Crippen molar-refractivity contribution < 1.29 is 9.13 Å². The maximum atomic E-state index is 14.7. The van der Waals surface area contributed by atoms with E-state index < -0.39 is 17.1 Å². The van der Waals surface area contributed by atoms with E-state index in [0.717, 1.165) is 36.3 Å². The fraction of sp³-hybridized carbons (Fsp3) is 0.389. The molecule has 1 aliphatic carbocycles. The van der Waals surface area contributed by atoms with Crippen LogP contribution in [0, 0.1) is 5.82 Å². The van der Waals surface area contributed by atoms with Gasteiger partial charge in [0, 0.05) is 20.2 Å². The van der Waals surface area contributed by atoms with Gasteiger partial charge in [-0.25, -0.2) is 13.8 Å². The molecule has 2 heterocycles. The number of nitrogens with zero attached hydrogens (tertiary/aromatic N) is 4. The molecule has 142 valence electrons. The number of hydrogen-bond donors (Lipinski definition) is 0. The van der Waals surface area contributed by atoms with Gasteiger partial charge in [0.1, 0.15) is 22.6 Å². The monoisotopic (exact) mass is 392 g/mol. The minimum Gasteiger partial charge on any atom is -0.489 e. The predicted molar refractivity (Wildman–Crippen MR) is 99.4 cm³/mol. The number of hydrogen-bond acceptors (Lipinski definition) is 4. The topological polar surface area (TPSA) is 71.1 Å². The lowest BCUT2D eigenvalue weighted by Gasteiger charge is -2.16. The number of ether oxygens (including phenoxy) is 1. The third kappa shape index (κ3) is 2.84. The Bertz CT molecular complexity index is 1160. The molecule has 0 amide bonds. The first-order chi connectivity index (χ1) is 12.9. The van der Waals surface area contributed by atoms with E-state index in [1.54, 1.807) is 7.05 Å². The van der Waals surface area contributed by atoms with Crippen LogP contribution in [0.4, 0.5) is 4.39 Å². The Labute approximate surface area is 158 Å². The molecule has 3 aromatic rings. The van der Waals surface area contributed by atoms with E-state index in [1.165, 1.54) is 28.6 Å². The smallest absolute Gasteiger partial charge is 0.337 e. The van der Waals surface area contributed by atoms with Crippen molar-refractivity contribution in [2.45, 2.75) is 31.8 Å². The zero-order valence-electron chi connectivity index (χ0n) is 14.9. The van der Waals surface area contributed by atoms with Crippen molar-refractivity contribution in [1.82, 2.24) is 18.9 Å². The van der Waals surface area contributed by atoms with Gasteiger partial charge in [-0.05, 0) is 31.7 Å². The van der Waals surface area contributed by atoms with Crippen LogP contribution in [-0.2, 0) is 14.1 Å². The Morgan fingerprint density at radius 2 is 1.93 bits per heavy atom. The molecule has 0 unspecified atom stereocenters. The molecular formula is C18H18ClFN4O3. The Hall–Kier alpha value is -2.61. The highest BCUT2D eigenvalue weighted by Gasteiger charge is 2.22. The number of benzene rings is 1. The second kappa shape index (κ2) is 6.53. The van der Waals surface area contributed by atoms with Crippen LogP contribution in [0.2, 0.25) is 5.02 Å². The summed E-state index contributed by atoms with van der Waals surface area (Å²) in [7, 11) is 3.13. The van der Waals surface area contributed by atoms with Gasteiger partial charge in [-0.15, -0.1) is 0 Å². The van der Waals surface area contributed by atoms with Crippen LogP contribution >= 0.6 is 11.6 Å². The second-order valence-electron chi connectivity index (χ2n) is 6.75. The van der Waals surface area contributed by atoms with E-state index in [2.05, 4.69) is 5.10 Å². The van der Waals surface area contributed by atoms with Gasteiger partial charge in [0.05, 0.1) is 23.0 Å². The van der Waals surface area contributed by atoms with E-state index in [9.17, 15) is 14.0 Å². The van der Waals surface area contributed by atoms with Crippen molar-refractivity contribution >= 4 is 22.6 Å². The minimum atomic E-state index is -0.777. The van der Waals surface area contributed by atoms with Crippen LogP contribution in [0.1, 0.15) is 25.7 Å². The van der Waals surface area contributed by atoms with E-state index in [1.807, 2.05) is 0 Å². The van der Waals surface area contributed by atoms with E-state index in [4.69, 9.17) is 16.3 Å². The van der Waals surface area contributed by atoms with Gasteiger partial charge in [-0.3, -0.25) is 14.0 Å². The lowest BCUT2D eigenvalue weighted by atomic mass is 10.2. The van der Waals surface area contributed by atoms with Gasteiger partial charge < -0.3 is 4.74 Å². The molecule has 1 aromatic carbocycles. The van der Waals surface area contributed by atoms with Crippen molar-refractivity contribution in [3.8, 4) is 11.4 Å². The molecule has 0 bridgehead atoms. The van der Waals surface area contributed by atoms with E-state index >= 15 is 0 Å². The first-order valence-electron chi connectivity index (χ1n) is 8.68. The summed E-state index contributed by atoms with van der Waals surface area (Å²) < 4.78 is 24.0. The van der Waals surface area contributed by atoms with Crippen molar-refractivity contribution in [3.63, 3.8) is 0 Å². The summed E-state index contributed by atoms with van der Waals surface area (Å²) in [6.45, 7) is 0. The van der Waals surface area contributed by atoms with E-state index in [0.29, 0.717) is 5.65 Å². The highest BCUT2D eigenvalue weighted by molar-refractivity contribution is 6.32. The predicted octanol–water partition coefficient (Wildman–Crippen LogP) is 2.54. The number of rotatable bonds is 3. The fourth-order valence-corrected chi connectivity index (χ4v) is 3.80. The average molecular weight is 393 g/mol. The van der Waals surface area contributed by atoms with Gasteiger partial charge in [0.2, 0.25) is 0 Å². The van der Waals surface area contributed by atoms with Gasteiger partial charge in [0.25, 0.3) is 5.56 Å². The lowest BCUT2D eigenvalue weighted by Crippen LogP contribution is -2.38. The van der Waals surface area contributed by atoms with Crippen LogP contribution in [0.3, 0.4) is 0 Å². The maximum Gasteiger partial charge on any atom is 0.337 e. The first kappa shape index (κ1) is 17.8. The maximum absolute atomic E-state index is 14.7. The number of fused-ring (bicyclic) bond motifs is 1. The fourth-order valence-electron chi connectivity index (χ4n) is 3.61. The Kier molecular flexibility index (Phi) is 4.30. The highest BCUT2D eigenvalue weighted by Crippen LogP contribution is 2.32. The molecule has 9 heteroatoms. The molecule has 27 heavy (non-hydrogen) atoms. The molecule has 1 saturated carbocycles. The summed E-state index contributed by atoms with van der Waals surface area (Å²) in [6, 6.07) is 2.39. The van der Waals surface area contributed by atoms with Crippen LogP contribution in [-0.4, -0.2) is 25.0 Å². The van der Waals surface area contributed by atoms with Gasteiger partial charge in [-0.1, -0.05) is 11.6 Å². The summed E-state index contributed by atoms with van der Waals surface area (Å²) in [5, 5.41) is 4.34. The molecular weight excluding hydrogens is 375 g/mol. The van der Waals surface area contributed by atoms with Crippen molar-refractivity contribution in [1.29, 1.82) is 0 Å². The summed E-state index contributed by atoms with van der Waals surface area (Å²) in [6.07, 6.45) is 5.28. The zero-order valence-corrected chi connectivity index (χ0v) is 15.7. The average Bonchev–Trinajstić information content (AvgIpc) is 3.26. The number of aromatic nitrogens is 4. The molecule has 0 saturated heterocycles. The van der Waals surface area contributed by atoms with Crippen LogP contribution in [0.5, 0.6) is 5.75 Å². The molecule has 4 rings (SSSR count). The third-order valence-electron chi connectivity index (χ3n) is 4.97. The lowest BCUT2D eigenvalue weighted by molar-refractivity contribution is 0.210. The van der Waals surface area contributed by atoms with Gasteiger partial charge in [-0.2, -0.15) is 5.10 Å². The zero-order chi connectivity index (χ0) is 19.3. The summed E-state index contributed by atoms with van der Waals surface area (Å²) in [5.41, 5.74) is -1.15. The van der Waals surface area contributed by atoms with Crippen LogP contribution in [0.15, 0.2) is 27.9 Å². The number of halogens is 2. The second-order valence-corrected chi connectivity index (χ2v) is 7.15. The summed E-state index contributed by atoms with van der Waals surface area (Å²) in [4.78, 5) is 25.7. The van der Waals surface area contributed by atoms with E-state index in [-0.39, 0.29) is 27.9 Å². The van der Waals surface area contributed by atoms with Crippen LogP contribution in [0.25, 0.3) is 16.7 Å². The quantitative estimate of drug-likeness (QED) is 0.686. The molecule has 0 N–H and O–H groups in total. The molecule has 1 aliphatic rings. The Morgan fingerprint density at radius 3 is 2.63 bits per heavy atom. The molecule has 0 radical (unpaired) electrons.